The molecule has 1 heterocycles. The minimum absolute atomic E-state index is 0.194. The third kappa shape index (κ3) is 5.85. The normalized spacial score (nSPS) is 10.7. The maximum atomic E-state index is 11.9. The first-order valence-corrected chi connectivity index (χ1v) is 11.2. The number of benzene rings is 2. The largest absolute Gasteiger partial charge is 0.487 e. The van der Waals surface area contributed by atoms with E-state index < -0.39 is 0 Å². The Bertz CT molecular complexity index is 996. The van der Waals surface area contributed by atoms with Crippen LogP contribution in [0.3, 0.4) is 0 Å². The molecule has 0 spiro atoms. The van der Waals surface area contributed by atoms with Gasteiger partial charge in [0.05, 0.1) is 24.2 Å². The maximum absolute atomic E-state index is 11.9. The number of carbonyl (C=O) groups is 1. The van der Waals surface area contributed by atoms with E-state index in [1.54, 1.807) is 6.92 Å². The van der Waals surface area contributed by atoms with Crippen molar-refractivity contribution < 1.29 is 14.3 Å². The van der Waals surface area contributed by atoms with E-state index in [4.69, 9.17) is 14.6 Å². The van der Waals surface area contributed by atoms with Crippen LogP contribution in [-0.2, 0) is 22.6 Å². The number of halogens is 1. The lowest BCUT2D eigenvalue weighted by atomic mass is 10.1. The SMILES string of the molecule is CC.CCOC(=O)Cc1ccc(C)cc1OCc1c2cc(Br)ccc2nn1C(C)C. The fraction of sp³-hybridized carbons (Fsp3) is 0.417. The molecule has 3 rings (SSSR count). The van der Waals surface area contributed by atoms with Crippen molar-refractivity contribution in [2.24, 2.45) is 0 Å². The van der Waals surface area contributed by atoms with E-state index >= 15 is 0 Å². The van der Waals surface area contributed by atoms with Crippen molar-refractivity contribution in [3.05, 3.63) is 57.7 Å². The molecule has 0 atom stereocenters. The summed E-state index contributed by atoms with van der Waals surface area (Å²) in [5.74, 6) is 0.450. The van der Waals surface area contributed by atoms with Crippen LogP contribution in [0.1, 0.15) is 57.5 Å². The van der Waals surface area contributed by atoms with Crippen LogP contribution in [0.15, 0.2) is 40.9 Å². The van der Waals surface area contributed by atoms with Gasteiger partial charge in [-0.2, -0.15) is 5.10 Å². The standard InChI is InChI=1S/C22H25BrN2O3.C2H6/c1-5-27-22(26)11-16-7-6-15(4)10-21(16)28-13-20-18-12-17(23)8-9-19(18)24-25(20)14(2)3;1-2/h6-10,12,14H,5,11,13H2,1-4H3;1-2H3. The molecule has 0 bridgehead atoms. The highest BCUT2D eigenvalue weighted by Gasteiger charge is 2.16. The van der Waals surface area contributed by atoms with Crippen LogP contribution in [0, 0.1) is 6.92 Å². The Labute approximate surface area is 187 Å². The summed E-state index contributed by atoms with van der Waals surface area (Å²) in [6.07, 6.45) is 0.194. The summed E-state index contributed by atoms with van der Waals surface area (Å²) < 4.78 is 14.3. The van der Waals surface area contributed by atoms with Crippen LogP contribution in [0.25, 0.3) is 10.9 Å². The van der Waals surface area contributed by atoms with Gasteiger partial charge in [0.15, 0.2) is 0 Å². The van der Waals surface area contributed by atoms with Gasteiger partial charge in [0.2, 0.25) is 0 Å². The molecule has 6 heteroatoms. The van der Waals surface area contributed by atoms with Crippen molar-refractivity contribution in [3.8, 4) is 5.75 Å². The lowest BCUT2D eigenvalue weighted by Gasteiger charge is -2.15. The van der Waals surface area contributed by atoms with E-state index in [2.05, 4.69) is 35.8 Å². The predicted octanol–water partition coefficient (Wildman–Crippen LogP) is 6.40. The fourth-order valence-corrected chi connectivity index (χ4v) is 3.51. The monoisotopic (exact) mass is 474 g/mol. The van der Waals surface area contributed by atoms with Crippen molar-refractivity contribution in [2.75, 3.05) is 6.61 Å². The van der Waals surface area contributed by atoms with Crippen LogP contribution in [0.4, 0.5) is 0 Å². The van der Waals surface area contributed by atoms with Gasteiger partial charge in [-0.3, -0.25) is 9.48 Å². The molecule has 5 nitrogen and oxygen atoms in total. The predicted molar refractivity (Wildman–Crippen MR) is 125 cm³/mol. The van der Waals surface area contributed by atoms with Gasteiger partial charge in [0.1, 0.15) is 12.4 Å². The topological polar surface area (TPSA) is 53.4 Å². The number of carbonyl (C=O) groups excluding carboxylic acids is 1. The summed E-state index contributed by atoms with van der Waals surface area (Å²) in [6, 6.07) is 12.1. The number of hydrogen-bond donors (Lipinski definition) is 0. The second-order valence-corrected chi connectivity index (χ2v) is 7.94. The summed E-state index contributed by atoms with van der Waals surface area (Å²) in [5.41, 5.74) is 3.85. The van der Waals surface area contributed by atoms with Crippen molar-refractivity contribution in [2.45, 2.75) is 60.6 Å². The van der Waals surface area contributed by atoms with Crippen LogP contribution >= 0.6 is 15.9 Å². The smallest absolute Gasteiger partial charge is 0.310 e. The molecule has 0 aliphatic carbocycles. The molecule has 0 unspecified atom stereocenters. The first kappa shape index (κ1) is 23.9. The minimum atomic E-state index is -0.252. The number of hydrogen-bond acceptors (Lipinski definition) is 4. The van der Waals surface area contributed by atoms with Gasteiger partial charge >= 0.3 is 5.97 Å². The molecule has 0 saturated carbocycles. The zero-order valence-corrected chi connectivity index (χ0v) is 20.2. The highest BCUT2D eigenvalue weighted by atomic mass is 79.9. The van der Waals surface area contributed by atoms with Crippen molar-refractivity contribution in [1.29, 1.82) is 0 Å². The highest BCUT2D eigenvalue weighted by Crippen LogP contribution is 2.28. The van der Waals surface area contributed by atoms with E-state index in [9.17, 15) is 4.79 Å². The summed E-state index contributed by atoms with van der Waals surface area (Å²) in [7, 11) is 0. The first-order valence-electron chi connectivity index (χ1n) is 10.4. The van der Waals surface area contributed by atoms with Gasteiger partial charge < -0.3 is 9.47 Å². The number of nitrogens with zero attached hydrogens (tertiary/aromatic N) is 2. The Kier molecular flexibility index (Phi) is 8.90. The second kappa shape index (κ2) is 11.2. The van der Waals surface area contributed by atoms with Crippen LogP contribution in [-0.4, -0.2) is 22.4 Å². The zero-order chi connectivity index (χ0) is 22.3. The van der Waals surface area contributed by atoms with Crippen molar-refractivity contribution >= 4 is 32.8 Å². The molecule has 0 amide bonds. The molecular formula is C24H31BrN2O3. The maximum Gasteiger partial charge on any atom is 0.310 e. The van der Waals surface area contributed by atoms with E-state index in [1.165, 1.54) is 0 Å². The first-order chi connectivity index (χ1) is 14.4. The molecule has 0 radical (unpaired) electrons. The number of rotatable bonds is 7. The molecule has 0 aliphatic rings. The number of aryl methyl sites for hydroxylation is 1. The van der Waals surface area contributed by atoms with Crippen molar-refractivity contribution in [1.82, 2.24) is 9.78 Å². The molecule has 2 aromatic carbocycles. The molecule has 162 valence electrons. The van der Waals surface area contributed by atoms with E-state index in [1.807, 2.05) is 55.8 Å². The molecule has 0 N–H and O–H groups in total. The third-order valence-corrected chi connectivity index (χ3v) is 4.97. The number of aromatic nitrogens is 2. The Morgan fingerprint density at radius 3 is 2.57 bits per heavy atom. The Hall–Kier alpha value is -2.34. The van der Waals surface area contributed by atoms with E-state index in [-0.39, 0.29) is 18.4 Å². The van der Waals surface area contributed by atoms with Crippen LogP contribution in [0.2, 0.25) is 0 Å². The average molecular weight is 475 g/mol. The summed E-state index contributed by atoms with van der Waals surface area (Å²) in [4.78, 5) is 11.9. The van der Waals surface area contributed by atoms with Crippen molar-refractivity contribution in [3.63, 3.8) is 0 Å². The number of ether oxygens (including phenoxy) is 2. The molecule has 30 heavy (non-hydrogen) atoms. The lowest BCUT2D eigenvalue weighted by molar-refractivity contribution is -0.142. The summed E-state index contributed by atoms with van der Waals surface area (Å²) in [6.45, 7) is 12.7. The Morgan fingerprint density at radius 2 is 1.90 bits per heavy atom. The van der Waals surface area contributed by atoms with Gasteiger partial charge in [-0.25, -0.2) is 0 Å². The van der Waals surface area contributed by atoms with Gasteiger partial charge in [0, 0.05) is 21.5 Å². The fourth-order valence-electron chi connectivity index (χ4n) is 3.15. The zero-order valence-electron chi connectivity index (χ0n) is 18.7. The van der Waals surface area contributed by atoms with Gasteiger partial charge in [-0.05, 0) is 57.5 Å². The lowest BCUT2D eigenvalue weighted by Crippen LogP contribution is -2.12. The minimum Gasteiger partial charge on any atom is -0.487 e. The number of fused-ring (bicyclic) bond motifs is 1. The van der Waals surface area contributed by atoms with E-state index in [0.29, 0.717) is 19.0 Å². The second-order valence-electron chi connectivity index (χ2n) is 7.03. The quantitative estimate of drug-likeness (QED) is 0.371. The molecular weight excluding hydrogens is 444 g/mol. The van der Waals surface area contributed by atoms with Crippen LogP contribution < -0.4 is 4.74 Å². The average Bonchev–Trinajstić information content (AvgIpc) is 3.08. The summed E-state index contributed by atoms with van der Waals surface area (Å²) >= 11 is 3.54. The van der Waals surface area contributed by atoms with Gasteiger partial charge in [-0.1, -0.05) is 41.9 Å². The van der Waals surface area contributed by atoms with Crippen LogP contribution in [0.5, 0.6) is 5.75 Å². The Morgan fingerprint density at radius 1 is 1.17 bits per heavy atom. The Balaban J connectivity index is 0.00000155. The van der Waals surface area contributed by atoms with Gasteiger partial charge in [0.25, 0.3) is 0 Å². The highest BCUT2D eigenvalue weighted by molar-refractivity contribution is 9.10. The number of esters is 1. The van der Waals surface area contributed by atoms with Gasteiger partial charge in [-0.15, -0.1) is 0 Å². The van der Waals surface area contributed by atoms with E-state index in [0.717, 1.165) is 32.2 Å². The summed E-state index contributed by atoms with van der Waals surface area (Å²) in [5, 5.41) is 5.78. The molecule has 1 aromatic heterocycles. The molecule has 0 saturated heterocycles. The molecule has 3 aromatic rings. The molecule has 0 aliphatic heterocycles. The third-order valence-electron chi connectivity index (χ3n) is 4.48. The molecule has 0 fully saturated rings.